The molecule has 0 spiro atoms. The van der Waals surface area contributed by atoms with Gasteiger partial charge in [0.2, 0.25) is 5.78 Å². The molecule has 0 radical (unpaired) electrons. The highest BCUT2D eigenvalue weighted by atomic mass is 35.5. The molecule has 0 aliphatic rings. The maximum Gasteiger partial charge on any atom is 0.201 e. The van der Waals surface area contributed by atoms with Gasteiger partial charge in [-0.2, -0.15) is 0 Å². The van der Waals surface area contributed by atoms with Crippen molar-refractivity contribution in [2.45, 2.75) is 6.92 Å². The molecule has 2 aromatic carbocycles. The van der Waals surface area contributed by atoms with Crippen LogP contribution in [0.3, 0.4) is 0 Å². The van der Waals surface area contributed by atoms with Crippen molar-refractivity contribution in [3.8, 4) is 5.75 Å². The predicted octanol–water partition coefficient (Wildman–Crippen LogP) is 4.46. The highest BCUT2D eigenvalue weighted by Crippen LogP contribution is 2.21. The fourth-order valence-electron chi connectivity index (χ4n) is 1.74. The second kappa shape index (κ2) is 6.74. The van der Waals surface area contributed by atoms with Gasteiger partial charge in [0.05, 0.1) is 5.02 Å². The first-order valence-electron chi connectivity index (χ1n) is 6.19. The Morgan fingerprint density at radius 1 is 1.10 bits per heavy atom. The molecule has 0 fully saturated rings. The van der Waals surface area contributed by atoms with E-state index < -0.39 is 0 Å². The van der Waals surface area contributed by atoms with E-state index in [0.717, 1.165) is 0 Å². The molecule has 0 saturated carbocycles. The Bertz CT molecular complexity index is 696. The predicted molar refractivity (Wildman–Crippen MR) is 82.7 cm³/mol. The summed E-state index contributed by atoms with van der Waals surface area (Å²) in [6, 6.07) is 11.3. The summed E-state index contributed by atoms with van der Waals surface area (Å²) in [6.45, 7) is 1.29. The van der Waals surface area contributed by atoms with Crippen LogP contribution in [-0.4, -0.2) is 18.2 Å². The van der Waals surface area contributed by atoms with Gasteiger partial charge < -0.3 is 4.74 Å². The van der Waals surface area contributed by atoms with Crippen molar-refractivity contribution in [3.05, 3.63) is 63.6 Å². The molecular weight excluding hydrogens is 311 g/mol. The minimum absolute atomic E-state index is 0.0651. The zero-order chi connectivity index (χ0) is 15.4. The van der Waals surface area contributed by atoms with Crippen LogP contribution >= 0.6 is 23.2 Å². The Kier molecular flexibility index (Phi) is 4.99. The highest BCUT2D eigenvalue weighted by Gasteiger charge is 2.12. The average molecular weight is 323 g/mol. The van der Waals surface area contributed by atoms with Crippen LogP contribution in [-0.2, 0) is 0 Å². The number of benzene rings is 2. The first-order chi connectivity index (χ1) is 9.97. The van der Waals surface area contributed by atoms with Crippen molar-refractivity contribution < 1.29 is 14.3 Å². The summed E-state index contributed by atoms with van der Waals surface area (Å²) >= 11 is 11.8. The quantitative estimate of drug-likeness (QED) is 0.763. The summed E-state index contributed by atoms with van der Waals surface area (Å²) in [5.41, 5.74) is 0.840. The fraction of sp³-hybridized carbons (Fsp3) is 0.125. The van der Waals surface area contributed by atoms with Gasteiger partial charge in [-0.1, -0.05) is 35.3 Å². The molecule has 3 nitrogen and oxygen atoms in total. The van der Waals surface area contributed by atoms with Gasteiger partial charge in [-0.15, -0.1) is 0 Å². The molecular formula is C16H12Cl2O3. The van der Waals surface area contributed by atoms with E-state index in [9.17, 15) is 9.59 Å². The van der Waals surface area contributed by atoms with Gasteiger partial charge in [-0.3, -0.25) is 9.59 Å². The Morgan fingerprint density at radius 3 is 2.57 bits per heavy atom. The summed E-state index contributed by atoms with van der Waals surface area (Å²) in [5, 5.41) is 0.756. The van der Waals surface area contributed by atoms with Crippen LogP contribution in [0.4, 0.5) is 0 Å². The Labute approximate surface area is 132 Å². The molecule has 2 aromatic rings. The molecule has 0 unspecified atom stereocenters. The molecule has 0 amide bonds. The van der Waals surface area contributed by atoms with Crippen LogP contribution in [0.5, 0.6) is 5.75 Å². The van der Waals surface area contributed by atoms with Gasteiger partial charge in [-0.05, 0) is 37.3 Å². The lowest BCUT2D eigenvalue weighted by Crippen LogP contribution is -2.12. The minimum atomic E-state index is -0.282. The third kappa shape index (κ3) is 4.06. The van der Waals surface area contributed by atoms with E-state index in [-0.39, 0.29) is 18.2 Å². The first-order valence-corrected chi connectivity index (χ1v) is 6.95. The highest BCUT2D eigenvalue weighted by molar-refractivity contribution is 6.35. The van der Waals surface area contributed by atoms with Gasteiger partial charge in [-0.25, -0.2) is 0 Å². The van der Waals surface area contributed by atoms with Crippen molar-refractivity contribution in [3.63, 3.8) is 0 Å². The molecule has 0 heterocycles. The standard InChI is InChI=1S/C16H12Cl2O3/c1-10(19)11-3-2-4-13(7-11)21-9-16(20)14-8-12(17)5-6-15(14)18/h2-8H,9H2,1H3. The fourth-order valence-corrected chi connectivity index (χ4v) is 2.14. The van der Waals surface area contributed by atoms with Gasteiger partial charge in [0.1, 0.15) is 5.75 Å². The van der Waals surface area contributed by atoms with E-state index in [1.165, 1.54) is 13.0 Å². The minimum Gasteiger partial charge on any atom is -0.485 e. The number of ketones is 2. The van der Waals surface area contributed by atoms with Crippen LogP contribution < -0.4 is 4.74 Å². The summed E-state index contributed by atoms with van der Waals surface area (Å²) in [5.74, 6) is 0.106. The van der Waals surface area contributed by atoms with E-state index in [1.807, 2.05) is 0 Å². The van der Waals surface area contributed by atoms with Crippen molar-refractivity contribution in [2.75, 3.05) is 6.61 Å². The lowest BCUT2D eigenvalue weighted by atomic mass is 10.1. The zero-order valence-electron chi connectivity index (χ0n) is 11.2. The monoisotopic (exact) mass is 322 g/mol. The largest absolute Gasteiger partial charge is 0.485 e. The number of hydrogen-bond acceptors (Lipinski definition) is 3. The average Bonchev–Trinajstić information content (AvgIpc) is 2.47. The Morgan fingerprint density at radius 2 is 1.86 bits per heavy atom. The number of carbonyl (C=O) groups is 2. The molecule has 0 saturated heterocycles. The Hall–Kier alpha value is -1.84. The zero-order valence-corrected chi connectivity index (χ0v) is 12.7. The van der Waals surface area contributed by atoms with E-state index in [4.69, 9.17) is 27.9 Å². The van der Waals surface area contributed by atoms with Crippen LogP contribution in [0.25, 0.3) is 0 Å². The van der Waals surface area contributed by atoms with Gasteiger partial charge in [0.25, 0.3) is 0 Å². The van der Waals surface area contributed by atoms with Crippen LogP contribution in [0.1, 0.15) is 27.6 Å². The molecule has 0 aliphatic heterocycles. The van der Waals surface area contributed by atoms with E-state index in [0.29, 0.717) is 26.9 Å². The molecule has 0 bridgehead atoms. The Balaban J connectivity index is 2.09. The third-order valence-electron chi connectivity index (χ3n) is 2.84. The third-order valence-corrected chi connectivity index (χ3v) is 3.40. The summed E-state index contributed by atoms with van der Waals surface area (Å²) in [6.07, 6.45) is 0. The SMILES string of the molecule is CC(=O)c1cccc(OCC(=O)c2cc(Cl)ccc2Cl)c1. The number of hydrogen-bond donors (Lipinski definition) is 0. The molecule has 21 heavy (non-hydrogen) atoms. The van der Waals surface area contributed by atoms with Gasteiger partial charge in [0, 0.05) is 16.1 Å². The number of halogens is 2. The normalized spacial score (nSPS) is 10.2. The van der Waals surface area contributed by atoms with Gasteiger partial charge >= 0.3 is 0 Å². The van der Waals surface area contributed by atoms with E-state index in [1.54, 1.807) is 36.4 Å². The maximum atomic E-state index is 12.1. The molecule has 0 aliphatic carbocycles. The van der Waals surface area contributed by atoms with E-state index in [2.05, 4.69) is 0 Å². The summed E-state index contributed by atoms with van der Waals surface area (Å²) < 4.78 is 5.40. The number of Topliss-reactive ketones (excluding diaryl/α,β-unsaturated/α-hetero) is 2. The van der Waals surface area contributed by atoms with Crippen molar-refractivity contribution in [2.24, 2.45) is 0 Å². The lowest BCUT2D eigenvalue weighted by Gasteiger charge is -2.08. The maximum absolute atomic E-state index is 12.1. The molecule has 0 N–H and O–H groups in total. The topological polar surface area (TPSA) is 43.4 Å². The molecule has 2 rings (SSSR count). The molecule has 5 heteroatoms. The van der Waals surface area contributed by atoms with Gasteiger partial charge in [0.15, 0.2) is 12.4 Å². The number of rotatable bonds is 5. The van der Waals surface area contributed by atoms with Crippen molar-refractivity contribution in [1.29, 1.82) is 0 Å². The van der Waals surface area contributed by atoms with E-state index >= 15 is 0 Å². The van der Waals surface area contributed by atoms with Crippen LogP contribution in [0, 0.1) is 0 Å². The second-order valence-electron chi connectivity index (χ2n) is 4.42. The molecule has 108 valence electrons. The smallest absolute Gasteiger partial charge is 0.201 e. The van der Waals surface area contributed by atoms with Crippen LogP contribution in [0.15, 0.2) is 42.5 Å². The van der Waals surface area contributed by atoms with Crippen molar-refractivity contribution in [1.82, 2.24) is 0 Å². The molecule has 0 aromatic heterocycles. The number of carbonyl (C=O) groups excluding carboxylic acids is 2. The number of ether oxygens (including phenoxy) is 1. The van der Waals surface area contributed by atoms with Crippen molar-refractivity contribution >= 4 is 34.8 Å². The second-order valence-corrected chi connectivity index (χ2v) is 5.26. The summed E-state index contributed by atoms with van der Waals surface area (Å²) in [7, 11) is 0. The lowest BCUT2D eigenvalue weighted by molar-refractivity contribution is 0.0921. The summed E-state index contributed by atoms with van der Waals surface area (Å²) in [4.78, 5) is 23.4. The first kappa shape index (κ1) is 15.5. The van der Waals surface area contributed by atoms with Crippen LogP contribution in [0.2, 0.25) is 10.0 Å². The molecule has 0 atom stereocenters.